The first-order chi connectivity index (χ1) is 14.2. The van der Waals surface area contributed by atoms with E-state index in [1.54, 1.807) is 37.3 Å². The standard InChI is InChI=1S/C22H18F3N3OS/c1-12-9-18(20(29)28-21(30)26-15-5-3-2-4-6-15)27-19-16(12)10-14(13-7-8-13)11-17(19)22(23,24)25/h2-6,9-11,13H,7-8H2,1H3,(H2,26,28,29,30). The number of carbonyl (C=O) groups is 1. The van der Waals surface area contributed by atoms with Gasteiger partial charge < -0.3 is 5.32 Å². The van der Waals surface area contributed by atoms with Crippen LogP contribution in [-0.2, 0) is 6.18 Å². The van der Waals surface area contributed by atoms with E-state index in [0.717, 1.165) is 18.9 Å². The van der Waals surface area contributed by atoms with Crippen molar-refractivity contribution >= 4 is 39.8 Å². The minimum Gasteiger partial charge on any atom is -0.332 e. The Kier molecular flexibility index (Phi) is 5.19. The zero-order valence-electron chi connectivity index (χ0n) is 16.0. The number of anilines is 1. The summed E-state index contributed by atoms with van der Waals surface area (Å²) in [5, 5.41) is 5.76. The van der Waals surface area contributed by atoms with E-state index in [9.17, 15) is 18.0 Å². The lowest BCUT2D eigenvalue weighted by Crippen LogP contribution is -2.34. The smallest absolute Gasteiger partial charge is 0.332 e. The molecule has 1 amide bonds. The summed E-state index contributed by atoms with van der Waals surface area (Å²) in [7, 11) is 0. The van der Waals surface area contributed by atoms with E-state index in [0.29, 0.717) is 22.2 Å². The molecule has 0 aliphatic heterocycles. The first kappa shape index (κ1) is 20.3. The number of pyridine rings is 1. The Morgan fingerprint density at radius 2 is 1.83 bits per heavy atom. The van der Waals surface area contributed by atoms with Gasteiger partial charge in [-0.2, -0.15) is 13.2 Å². The first-order valence-electron chi connectivity index (χ1n) is 9.42. The molecule has 4 rings (SSSR count). The third-order valence-corrected chi connectivity index (χ3v) is 5.19. The van der Waals surface area contributed by atoms with Crippen LogP contribution in [0.15, 0.2) is 48.5 Å². The fourth-order valence-corrected chi connectivity index (χ4v) is 3.56. The van der Waals surface area contributed by atoms with Crippen molar-refractivity contribution in [3.05, 3.63) is 70.9 Å². The maximum absolute atomic E-state index is 13.7. The Labute approximate surface area is 176 Å². The average Bonchev–Trinajstić information content (AvgIpc) is 3.52. The molecule has 0 unspecified atom stereocenters. The maximum atomic E-state index is 13.7. The van der Waals surface area contributed by atoms with Gasteiger partial charge in [-0.1, -0.05) is 18.2 Å². The summed E-state index contributed by atoms with van der Waals surface area (Å²) in [4.78, 5) is 16.7. The number of amides is 1. The van der Waals surface area contributed by atoms with Gasteiger partial charge in [0.15, 0.2) is 5.11 Å². The number of halogens is 3. The molecule has 1 heterocycles. The van der Waals surface area contributed by atoms with Crippen LogP contribution in [-0.4, -0.2) is 16.0 Å². The van der Waals surface area contributed by atoms with Crippen LogP contribution in [0.25, 0.3) is 10.9 Å². The quantitative estimate of drug-likeness (QED) is 0.535. The van der Waals surface area contributed by atoms with E-state index in [-0.39, 0.29) is 22.2 Å². The average molecular weight is 429 g/mol. The molecule has 1 aliphatic rings. The van der Waals surface area contributed by atoms with Gasteiger partial charge in [-0.05, 0) is 79.4 Å². The highest BCUT2D eigenvalue weighted by Gasteiger charge is 2.36. The van der Waals surface area contributed by atoms with Crippen LogP contribution in [0.5, 0.6) is 0 Å². The van der Waals surface area contributed by atoms with Crippen LogP contribution in [0.1, 0.15) is 45.9 Å². The van der Waals surface area contributed by atoms with Crippen LogP contribution in [0, 0.1) is 6.92 Å². The molecule has 0 atom stereocenters. The summed E-state index contributed by atoms with van der Waals surface area (Å²) < 4.78 is 41.2. The molecule has 8 heteroatoms. The zero-order chi connectivity index (χ0) is 21.5. The number of aromatic nitrogens is 1. The van der Waals surface area contributed by atoms with Crippen molar-refractivity contribution in [3.63, 3.8) is 0 Å². The number of aryl methyl sites for hydroxylation is 1. The van der Waals surface area contributed by atoms with E-state index < -0.39 is 17.6 Å². The van der Waals surface area contributed by atoms with Gasteiger partial charge in [-0.25, -0.2) is 4.98 Å². The van der Waals surface area contributed by atoms with Crippen LogP contribution >= 0.6 is 12.2 Å². The monoisotopic (exact) mass is 429 g/mol. The van der Waals surface area contributed by atoms with Gasteiger partial charge >= 0.3 is 6.18 Å². The molecule has 30 heavy (non-hydrogen) atoms. The summed E-state index contributed by atoms with van der Waals surface area (Å²) in [5.74, 6) is -0.507. The second-order valence-corrected chi connectivity index (χ2v) is 7.74. The number of nitrogens with one attached hydrogen (secondary N) is 2. The number of para-hydroxylation sites is 1. The molecule has 0 radical (unpaired) electrons. The summed E-state index contributed by atoms with van der Waals surface area (Å²) >= 11 is 5.13. The molecule has 2 N–H and O–H groups in total. The lowest BCUT2D eigenvalue weighted by molar-refractivity contribution is -0.136. The molecule has 4 nitrogen and oxygen atoms in total. The lowest BCUT2D eigenvalue weighted by atomic mass is 9.98. The highest BCUT2D eigenvalue weighted by atomic mass is 32.1. The molecule has 0 spiro atoms. The largest absolute Gasteiger partial charge is 0.418 e. The Bertz CT molecular complexity index is 1140. The predicted octanol–water partition coefficient (Wildman–Crippen LogP) is 5.57. The minimum absolute atomic E-state index is 0.0332. The number of benzene rings is 2. The Morgan fingerprint density at radius 3 is 2.47 bits per heavy atom. The Hall–Kier alpha value is -3.00. The highest BCUT2D eigenvalue weighted by molar-refractivity contribution is 7.80. The number of thiocarbonyl (C=S) groups is 1. The molecule has 3 aromatic rings. The van der Waals surface area contributed by atoms with Crippen molar-refractivity contribution in [3.8, 4) is 0 Å². The number of fused-ring (bicyclic) bond motifs is 1. The van der Waals surface area contributed by atoms with Crippen LogP contribution in [0.4, 0.5) is 18.9 Å². The van der Waals surface area contributed by atoms with Crippen molar-refractivity contribution in [2.45, 2.75) is 31.9 Å². The van der Waals surface area contributed by atoms with Gasteiger partial charge in [0, 0.05) is 11.1 Å². The van der Waals surface area contributed by atoms with E-state index in [1.165, 1.54) is 6.07 Å². The maximum Gasteiger partial charge on any atom is 0.418 e. The topological polar surface area (TPSA) is 54.0 Å². The van der Waals surface area contributed by atoms with E-state index in [2.05, 4.69) is 15.6 Å². The molecule has 0 bridgehead atoms. The third-order valence-electron chi connectivity index (χ3n) is 4.99. The van der Waals surface area contributed by atoms with Crippen LogP contribution < -0.4 is 10.6 Å². The Morgan fingerprint density at radius 1 is 1.13 bits per heavy atom. The molecule has 1 saturated carbocycles. The number of carbonyl (C=O) groups excluding carboxylic acids is 1. The van der Waals surface area contributed by atoms with Crippen LogP contribution in [0.2, 0.25) is 0 Å². The first-order valence-corrected chi connectivity index (χ1v) is 9.83. The van der Waals surface area contributed by atoms with Gasteiger partial charge in [-0.15, -0.1) is 0 Å². The van der Waals surface area contributed by atoms with Gasteiger partial charge in [0.05, 0.1) is 11.1 Å². The van der Waals surface area contributed by atoms with Gasteiger partial charge in [0.1, 0.15) is 5.69 Å². The lowest BCUT2D eigenvalue weighted by Gasteiger charge is -2.15. The molecule has 2 aromatic carbocycles. The highest BCUT2D eigenvalue weighted by Crippen LogP contribution is 2.44. The number of nitrogens with zero attached hydrogens (tertiary/aromatic N) is 1. The van der Waals surface area contributed by atoms with Crippen LogP contribution in [0.3, 0.4) is 0 Å². The second kappa shape index (κ2) is 7.68. The third kappa shape index (κ3) is 4.28. The summed E-state index contributed by atoms with van der Waals surface area (Å²) in [6.45, 7) is 1.68. The normalized spacial score (nSPS) is 13.9. The predicted molar refractivity (Wildman–Crippen MR) is 114 cm³/mol. The van der Waals surface area contributed by atoms with Crippen molar-refractivity contribution in [2.24, 2.45) is 0 Å². The molecule has 1 aliphatic carbocycles. The number of alkyl halides is 3. The SMILES string of the molecule is Cc1cc(C(=O)NC(=S)Nc2ccccc2)nc2c(C(F)(F)F)cc(C3CC3)cc12. The summed E-state index contributed by atoms with van der Waals surface area (Å²) in [6.07, 6.45) is -2.79. The Balaban J connectivity index is 1.67. The van der Waals surface area contributed by atoms with Gasteiger partial charge in [0.2, 0.25) is 0 Å². The molecule has 0 saturated heterocycles. The van der Waals surface area contributed by atoms with Crippen molar-refractivity contribution in [1.29, 1.82) is 0 Å². The number of hydrogen-bond donors (Lipinski definition) is 2. The van der Waals surface area contributed by atoms with E-state index >= 15 is 0 Å². The zero-order valence-corrected chi connectivity index (χ0v) is 16.8. The molecule has 1 aromatic heterocycles. The molecular weight excluding hydrogens is 411 g/mol. The van der Waals surface area contributed by atoms with Crippen molar-refractivity contribution < 1.29 is 18.0 Å². The number of hydrogen-bond acceptors (Lipinski definition) is 3. The fraction of sp³-hybridized carbons (Fsp3) is 0.227. The van der Waals surface area contributed by atoms with E-state index in [1.807, 2.05) is 6.07 Å². The second-order valence-electron chi connectivity index (χ2n) is 7.34. The fourth-order valence-electron chi connectivity index (χ4n) is 3.35. The molecule has 1 fully saturated rings. The summed E-state index contributed by atoms with van der Waals surface area (Å²) in [5.41, 5.74) is 0.744. The van der Waals surface area contributed by atoms with Gasteiger partial charge in [0.25, 0.3) is 5.91 Å². The van der Waals surface area contributed by atoms with Crippen molar-refractivity contribution in [1.82, 2.24) is 10.3 Å². The van der Waals surface area contributed by atoms with E-state index in [4.69, 9.17) is 12.2 Å². The minimum atomic E-state index is -4.57. The van der Waals surface area contributed by atoms with Crippen molar-refractivity contribution in [2.75, 3.05) is 5.32 Å². The number of rotatable bonds is 3. The summed E-state index contributed by atoms with van der Waals surface area (Å²) in [6, 6.07) is 13.4. The molecular formula is C22H18F3N3OS. The van der Waals surface area contributed by atoms with Gasteiger partial charge in [-0.3, -0.25) is 10.1 Å². The molecule has 154 valence electrons.